The van der Waals surface area contributed by atoms with Gasteiger partial charge in [0.2, 0.25) is 0 Å². The van der Waals surface area contributed by atoms with Gasteiger partial charge >= 0.3 is 11.9 Å². The Morgan fingerprint density at radius 3 is 2.36 bits per heavy atom. The highest BCUT2D eigenvalue weighted by Crippen LogP contribution is 2.84. The number of benzene rings is 4. The summed E-state index contributed by atoms with van der Waals surface area (Å²) in [4.78, 5) is 26.5. The number of cyclic esters (lactones) is 1. The first-order chi connectivity index (χ1) is 41.1. The summed E-state index contributed by atoms with van der Waals surface area (Å²) in [6.45, 7) is 8.52. The second-order valence-corrected chi connectivity index (χ2v) is 31.4. The Morgan fingerprint density at radius 2 is 1.59 bits per heavy atom. The summed E-state index contributed by atoms with van der Waals surface area (Å²) in [5.41, 5.74) is 5.58. The zero-order chi connectivity index (χ0) is 58.3. The van der Waals surface area contributed by atoms with Crippen LogP contribution in [0.25, 0.3) is 10.8 Å². The van der Waals surface area contributed by atoms with Gasteiger partial charge in [-0.2, -0.15) is 0 Å². The van der Waals surface area contributed by atoms with Crippen LogP contribution in [0.3, 0.4) is 0 Å². The van der Waals surface area contributed by atoms with Crippen molar-refractivity contribution in [3.8, 4) is 11.8 Å². The third kappa shape index (κ3) is 8.40. The number of carbonyl (C=O) groups excluding carboxylic acids is 2. The molecule has 4 bridgehead atoms. The van der Waals surface area contributed by atoms with E-state index in [1.807, 2.05) is 0 Å². The molecule has 0 radical (unpaired) electrons. The molecule has 85 heavy (non-hydrogen) atoms. The van der Waals surface area contributed by atoms with Crippen LogP contribution < -0.4 is 0 Å². The molecule has 0 aromatic heterocycles. The minimum atomic E-state index is -1.59. The first-order valence-corrected chi connectivity index (χ1v) is 34.3. The smallest absolute Gasteiger partial charge is 0.331 e. The Morgan fingerprint density at radius 1 is 0.800 bits per heavy atom. The summed E-state index contributed by atoms with van der Waals surface area (Å²) in [5.74, 6) is 9.33. The van der Waals surface area contributed by atoms with Gasteiger partial charge in [0.25, 0.3) is 0 Å². The molecule has 15 rings (SSSR count). The monoisotopic (exact) mass is 1140 g/mol. The molecule has 19 unspecified atom stereocenters. The predicted octanol–water partition coefficient (Wildman–Crippen LogP) is 15.9. The Kier molecular flexibility index (Phi) is 14.0. The summed E-state index contributed by atoms with van der Waals surface area (Å²) < 4.78 is 12.3. The maximum Gasteiger partial charge on any atom is 0.331 e. The summed E-state index contributed by atoms with van der Waals surface area (Å²) in [5, 5.41) is 44.8. The molecule has 4 aromatic carbocycles. The largest absolute Gasteiger partial charge is 0.462 e. The van der Waals surface area contributed by atoms with Crippen LogP contribution in [0.5, 0.6) is 0 Å². The second kappa shape index (κ2) is 20.9. The number of rotatable bonds is 14. The minimum absolute atomic E-state index is 0.0152. The number of aryl methyl sites for hydroxylation is 1. The highest BCUT2D eigenvalue weighted by molar-refractivity contribution is 5.93. The van der Waals surface area contributed by atoms with E-state index < -0.39 is 46.6 Å². The average Bonchev–Trinajstić information content (AvgIpc) is 1.62. The van der Waals surface area contributed by atoms with E-state index in [0.717, 1.165) is 50.5 Å². The lowest BCUT2D eigenvalue weighted by molar-refractivity contribution is -0.328. The highest BCUT2D eigenvalue weighted by Gasteiger charge is 2.78. The van der Waals surface area contributed by atoms with Gasteiger partial charge < -0.3 is 24.8 Å². The van der Waals surface area contributed by atoms with Crippen LogP contribution in [0, 0.1) is 80.3 Å². The number of carbonyl (C=O) groups is 2. The number of esters is 2. The van der Waals surface area contributed by atoms with Gasteiger partial charge in [-0.3, -0.25) is 4.79 Å². The molecule has 7 nitrogen and oxygen atoms in total. The van der Waals surface area contributed by atoms with Crippen molar-refractivity contribution in [1.82, 2.24) is 0 Å². The predicted molar refractivity (Wildman–Crippen MR) is 334 cm³/mol. The van der Waals surface area contributed by atoms with E-state index in [1.165, 1.54) is 94.9 Å². The van der Waals surface area contributed by atoms with Gasteiger partial charge in [-0.25, -0.2) is 4.79 Å². The summed E-state index contributed by atoms with van der Waals surface area (Å²) in [7, 11) is 0. The molecular weight excluding hydrogens is 1050 g/mol. The molecule has 7 fully saturated rings. The van der Waals surface area contributed by atoms with Crippen molar-refractivity contribution < 1.29 is 34.4 Å². The number of fused-ring (bicyclic) bond motifs is 7. The lowest BCUT2D eigenvalue weighted by Crippen LogP contribution is -2.77. The van der Waals surface area contributed by atoms with Crippen LogP contribution in [-0.2, 0) is 30.9 Å². The second-order valence-electron chi connectivity index (χ2n) is 31.4. The van der Waals surface area contributed by atoms with Gasteiger partial charge in [0.05, 0.1) is 23.2 Å². The lowest BCUT2D eigenvalue weighted by Gasteiger charge is -2.71. The van der Waals surface area contributed by atoms with Gasteiger partial charge in [-0.05, 0) is 235 Å². The number of ether oxygens (including phenoxy) is 2. The third-order valence-electron chi connectivity index (χ3n) is 27.9. The van der Waals surface area contributed by atoms with E-state index in [9.17, 15) is 24.9 Å². The Balaban J connectivity index is 0.900. The van der Waals surface area contributed by atoms with E-state index in [-0.39, 0.29) is 59.0 Å². The molecule has 3 N–H and O–H groups in total. The van der Waals surface area contributed by atoms with Crippen molar-refractivity contribution in [3.63, 3.8) is 0 Å². The van der Waals surface area contributed by atoms with Gasteiger partial charge in [-0.15, -0.1) is 5.92 Å². The van der Waals surface area contributed by atoms with Crippen LogP contribution in [0.1, 0.15) is 227 Å². The molecule has 4 aromatic rings. The van der Waals surface area contributed by atoms with Crippen LogP contribution in [0.4, 0.5) is 0 Å². The number of hydrogen-bond donors (Lipinski definition) is 3. The maximum atomic E-state index is 14.4. The van der Waals surface area contributed by atoms with E-state index in [1.54, 1.807) is 33.7 Å². The van der Waals surface area contributed by atoms with Crippen LogP contribution in [0.2, 0.25) is 0 Å². The molecule has 1 aliphatic heterocycles. The Labute approximate surface area is 507 Å². The fourth-order valence-electron chi connectivity index (χ4n) is 24.9. The van der Waals surface area contributed by atoms with E-state index in [4.69, 9.17) is 9.47 Å². The SMILES string of the molecule is CC(=O)OC1CC(C)C(O)(CCC2=CC(=O)OC2)C2(C(O)CCC(C)CCCc3ccccc3)C(O)CCC(C)(C3CC4c5cccc6ccc7c(c56)C5C(CC6(c8ccccc8)CCCCC76)C67CC(CC#CC3CC45C6)C3(CCCC3)C7)C12. The third-order valence-corrected chi connectivity index (χ3v) is 27.9. The summed E-state index contributed by atoms with van der Waals surface area (Å²) in [6.07, 6.45) is 23.6. The van der Waals surface area contributed by atoms with Crippen molar-refractivity contribution in [2.45, 2.75) is 235 Å². The van der Waals surface area contributed by atoms with Crippen molar-refractivity contribution in [3.05, 3.63) is 130 Å². The zero-order valence-electron chi connectivity index (χ0n) is 51.6. The first kappa shape index (κ1) is 56.7. The molecule has 7 saturated carbocycles. The summed E-state index contributed by atoms with van der Waals surface area (Å²) in [6, 6.07) is 35.1. The molecule has 450 valence electrons. The van der Waals surface area contributed by atoms with Crippen molar-refractivity contribution in [1.29, 1.82) is 0 Å². The Bertz CT molecular complexity index is 3330. The van der Waals surface area contributed by atoms with Gasteiger partial charge in [-0.1, -0.05) is 150 Å². The molecule has 0 amide bonds. The molecule has 3 spiro atoms. The minimum Gasteiger partial charge on any atom is -0.462 e. The van der Waals surface area contributed by atoms with Crippen molar-refractivity contribution in [2.75, 3.05) is 6.61 Å². The van der Waals surface area contributed by atoms with Crippen LogP contribution >= 0.6 is 0 Å². The fourth-order valence-corrected chi connectivity index (χ4v) is 24.9. The topological polar surface area (TPSA) is 113 Å². The van der Waals surface area contributed by atoms with Gasteiger partial charge in [0, 0.05) is 36.7 Å². The zero-order valence-corrected chi connectivity index (χ0v) is 51.6. The highest BCUT2D eigenvalue weighted by atomic mass is 16.5. The first-order valence-electron chi connectivity index (χ1n) is 34.3. The summed E-state index contributed by atoms with van der Waals surface area (Å²) >= 11 is 0. The van der Waals surface area contributed by atoms with Gasteiger partial charge in [0.15, 0.2) is 0 Å². The molecule has 1 heterocycles. The molecular formula is C78H96O7. The van der Waals surface area contributed by atoms with Crippen LogP contribution in [-0.4, -0.2) is 57.8 Å². The fraction of sp³-hybridized carbons (Fsp3) is 0.641. The van der Waals surface area contributed by atoms with E-state index in [2.05, 4.69) is 124 Å². The number of hydrogen-bond acceptors (Lipinski definition) is 7. The molecule has 19 atom stereocenters. The number of aliphatic hydroxyl groups excluding tert-OH is 2. The Hall–Kier alpha value is -4.74. The number of aliphatic hydroxyl groups is 3. The van der Waals surface area contributed by atoms with Crippen molar-refractivity contribution >= 4 is 22.7 Å². The molecule has 7 heteroatoms. The van der Waals surface area contributed by atoms with Gasteiger partial charge in [0.1, 0.15) is 12.7 Å². The quantitative estimate of drug-likeness (QED) is 0.0851. The van der Waals surface area contributed by atoms with E-state index in [0.29, 0.717) is 67.1 Å². The van der Waals surface area contributed by atoms with Crippen molar-refractivity contribution in [2.24, 2.45) is 68.5 Å². The molecule has 0 saturated heterocycles. The van der Waals surface area contributed by atoms with E-state index >= 15 is 0 Å². The maximum absolute atomic E-state index is 14.4. The average molecular weight is 1150 g/mol. The standard InChI is InChI=1S/C78H96O7/c1-49(18-15-21-52-19-7-5-8-20-52)29-32-65(80)78-66(81)34-38-72(4,71(78)64(85-51(3)79)40-50(2)77(78,83)39-33-53-41-67(82)84-46-53)61-42-62-58-27-17-22-54-30-31-59-60-28-11-12-37-75(60,56-24-9-6-10-25-56)45-63-70(69(59)68(54)58)76(62)43-55(61)23-16-26-57-44-74(63,48-76)47-73(57)35-13-14-36-73/h5-10,17,19-20,22,24-25,27,30-31,41,49-50,55,57,60-66,70-71,80-81,83H,11-15,18,21,26,28-29,32-40,42-48H2,1-4H3. The van der Waals surface area contributed by atoms with Crippen LogP contribution in [0.15, 0.2) is 103 Å². The normalized spacial score (nSPS) is 41.2. The molecule has 10 aliphatic carbocycles. The lowest BCUT2D eigenvalue weighted by atomic mass is 9.35. The molecule has 11 aliphatic rings.